The van der Waals surface area contributed by atoms with Crippen LogP contribution in [0.4, 0.5) is 18.0 Å². The van der Waals surface area contributed by atoms with Gasteiger partial charge in [0.15, 0.2) is 11.4 Å². The molecule has 2 saturated heterocycles. The second-order valence-electron chi connectivity index (χ2n) is 20.1. The number of amides is 4. The number of aromatic nitrogens is 1. The maximum absolute atomic E-state index is 15.0. The van der Waals surface area contributed by atoms with Crippen LogP contribution in [0.1, 0.15) is 122 Å². The number of ether oxygens (including phenoxy) is 3. The van der Waals surface area contributed by atoms with Gasteiger partial charge in [0.05, 0.1) is 16.8 Å². The molecule has 0 radical (unpaired) electrons. The lowest BCUT2D eigenvalue weighted by Gasteiger charge is -2.37. The Bertz CT molecular complexity index is 2350. The smallest absolute Gasteiger partial charge is 0.437 e. The molecule has 2 saturated carbocycles. The lowest BCUT2D eigenvalue weighted by Crippen LogP contribution is -2.58. The third-order valence-electron chi connectivity index (χ3n) is 13.9. The number of hydrogen-bond acceptors (Lipinski definition) is 11. The number of likely N-dealkylation sites (tertiary alicyclic amines) is 1. The number of pyridine rings is 1. The zero-order chi connectivity index (χ0) is 46.6. The van der Waals surface area contributed by atoms with Gasteiger partial charge >= 0.3 is 12.3 Å². The molecule has 6 aliphatic rings. The minimum absolute atomic E-state index is 0.0699. The molecule has 4 fully saturated rings. The topological polar surface area (TPSA) is 186 Å². The van der Waals surface area contributed by atoms with E-state index in [1.165, 1.54) is 24.3 Å². The maximum atomic E-state index is 15.0. The fourth-order valence-electron chi connectivity index (χ4n) is 9.72. The SMILES string of the molecule is CC(C)(C)OC(=O)N[C@H]1CCCCC/C=C\[C@@H]2C[C@@]2(C(=O)NS(=O)(=O)C2(C)CC2)NC(=O)[C@@H]2C[C@]3(CCc4c(c(C(F)(F)F)nc5ccc(OCCN6CCCCC6)cc45)O3)CN2C1=O. The molecule has 15 nitrogen and oxygen atoms in total. The molecule has 65 heavy (non-hydrogen) atoms. The van der Waals surface area contributed by atoms with E-state index in [1.807, 2.05) is 6.08 Å². The lowest BCUT2D eigenvalue weighted by molar-refractivity contribution is -0.144. The number of rotatable bonds is 8. The molecule has 5 atom stereocenters. The number of sulfonamides is 1. The van der Waals surface area contributed by atoms with Gasteiger partial charge in [-0.15, -0.1) is 0 Å². The molecule has 356 valence electrons. The van der Waals surface area contributed by atoms with E-state index in [0.717, 1.165) is 25.9 Å². The third kappa shape index (κ3) is 10.1. The summed E-state index contributed by atoms with van der Waals surface area (Å²) in [4.78, 5) is 64.5. The van der Waals surface area contributed by atoms with Gasteiger partial charge in [0.25, 0.3) is 5.91 Å². The Hall–Kier alpha value is -4.65. The van der Waals surface area contributed by atoms with Crippen LogP contribution in [0, 0.1) is 5.92 Å². The number of alkyl carbamates (subject to hydrolysis) is 1. The summed E-state index contributed by atoms with van der Waals surface area (Å²) in [6.45, 7) is 9.31. The van der Waals surface area contributed by atoms with Crippen LogP contribution in [-0.4, -0.2) is 113 Å². The van der Waals surface area contributed by atoms with Gasteiger partial charge in [0.2, 0.25) is 21.8 Å². The second kappa shape index (κ2) is 17.5. The quantitative estimate of drug-likeness (QED) is 0.261. The van der Waals surface area contributed by atoms with E-state index < -0.39 is 90.9 Å². The summed E-state index contributed by atoms with van der Waals surface area (Å²) >= 11 is 0. The molecule has 4 amide bonds. The lowest BCUT2D eigenvalue weighted by atomic mass is 9.87. The molecule has 3 N–H and O–H groups in total. The van der Waals surface area contributed by atoms with Crippen LogP contribution >= 0.6 is 0 Å². The number of carbonyl (C=O) groups is 4. The highest BCUT2D eigenvalue weighted by molar-refractivity contribution is 7.91. The summed E-state index contributed by atoms with van der Waals surface area (Å²) < 4.78 is 90.8. The molecule has 1 aromatic heterocycles. The fraction of sp³-hybridized carbons (Fsp3) is 0.674. The van der Waals surface area contributed by atoms with Crippen molar-refractivity contribution in [1.29, 1.82) is 0 Å². The number of nitrogens with one attached hydrogen (secondary N) is 3. The zero-order valence-electron chi connectivity index (χ0n) is 37.6. The van der Waals surface area contributed by atoms with Crippen molar-refractivity contribution in [2.45, 2.75) is 157 Å². The Morgan fingerprint density at radius 3 is 2.46 bits per heavy atom. The fourth-order valence-corrected chi connectivity index (χ4v) is 11.0. The molecule has 2 aliphatic carbocycles. The molecule has 2 aromatic rings. The summed E-state index contributed by atoms with van der Waals surface area (Å²) in [5.74, 6) is -2.98. The molecular formula is C46H61F3N6O9S. The predicted octanol–water partition coefficient (Wildman–Crippen LogP) is 6.07. The molecule has 1 aromatic carbocycles. The van der Waals surface area contributed by atoms with E-state index in [4.69, 9.17) is 14.2 Å². The van der Waals surface area contributed by atoms with E-state index in [1.54, 1.807) is 39.0 Å². The van der Waals surface area contributed by atoms with Crippen molar-refractivity contribution < 1.29 is 55.0 Å². The minimum Gasteiger partial charge on any atom is -0.492 e. The van der Waals surface area contributed by atoms with Crippen molar-refractivity contribution in [3.8, 4) is 11.5 Å². The highest BCUT2D eigenvalue weighted by Crippen LogP contribution is 2.50. The Labute approximate surface area is 378 Å². The van der Waals surface area contributed by atoms with Crippen molar-refractivity contribution in [3.63, 3.8) is 0 Å². The monoisotopic (exact) mass is 930 g/mol. The van der Waals surface area contributed by atoms with Gasteiger partial charge in [-0.05, 0) is 123 Å². The van der Waals surface area contributed by atoms with Crippen LogP contribution in [0.2, 0.25) is 0 Å². The molecule has 19 heteroatoms. The first-order chi connectivity index (χ1) is 30.6. The molecule has 1 spiro atoms. The molecule has 5 heterocycles. The first-order valence-electron chi connectivity index (χ1n) is 23.0. The Morgan fingerprint density at radius 1 is 1.02 bits per heavy atom. The molecule has 4 aliphatic heterocycles. The normalized spacial score (nSPS) is 28.9. The van der Waals surface area contributed by atoms with Crippen LogP contribution in [0.3, 0.4) is 0 Å². The zero-order valence-corrected chi connectivity index (χ0v) is 38.4. The van der Waals surface area contributed by atoms with Crippen LogP contribution < -0.4 is 24.8 Å². The average molecular weight is 931 g/mol. The van der Waals surface area contributed by atoms with E-state index in [0.29, 0.717) is 62.8 Å². The van der Waals surface area contributed by atoms with Gasteiger partial charge < -0.3 is 29.7 Å². The second-order valence-corrected chi connectivity index (χ2v) is 22.3. The number of allylic oxidation sites excluding steroid dienone is 1. The number of alkyl halides is 3. The molecule has 0 bridgehead atoms. The van der Waals surface area contributed by atoms with Crippen molar-refractivity contribution >= 4 is 44.7 Å². The van der Waals surface area contributed by atoms with Crippen molar-refractivity contribution in [1.82, 2.24) is 30.1 Å². The molecule has 8 rings (SSSR count). The van der Waals surface area contributed by atoms with Gasteiger partial charge in [0.1, 0.15) is 41.2 Å². The van der Waals surface area contributed by atoms with Crippen molar-refractivity contribution in [2.75, 3.05) is 32.8 Å². The Balaban J connectivity index is 1.13. The van der Waals surface area contributed by atoms with Gasteiger partial charge in [-0.2, -0.15) is 13.2 Å². The average Bonchev–Trinajstić information content (AvgIpc) is 4.13. The maximum Gasteiger partial charge on any atom is 0.437 e. The van der Waals surface area contributed by atoms with E-state index in [2.05, 4.69) is 25.2 Å². The summed E-state index contributed by atoms with van der Waals surface area (Å²) in [5.41, 5.74) is -4.98. The Morgan fingerprint density at radius 2 is 1.75 bits per heavy atom. The minimum atomic E-state index is -4.94. The third-order valence-corrected chi connectivity index (χ3v) is 16.0. The van der Waals surface area contributed by atoms with Gasteiger partial charge in [0, 0.05) is 29.8 Å². The largest absolute Gasteiger partial charge is 0.492 e. The van der Waals surface area contributed by atoms with E-state index >= 15 is 13.2 Å². The summed E-state index contributed by atoms with van der Waals surface area (Å²) in [6, 6.07) is 2.20. The van der Waals surface area contributed by atoms with Crippen molar-refractivity contribution in [3.05, 3.63) is 41.6 Å². The van der Waals surface area contributed by atoms with Crippen LogP contribution in [0.5, 0.6) is 11.5 Å². The van der Waals surface area contributed by atoms with Crippen LogP contribution in [0.15, 0.2) is 30.4 Å². The summed E-state index contributed by atoms with van der Waals surface area (Å²) in [7, 11) is -4.10. The first kappa shape index (κ1) is 46.9. The highest BCUT2D eigenvalue weighted by atomic mass is 32.2. The standard InChI is InChI=1S/C46H61F3N6O9S/c1-42(2,3)64-41(59)51-34-14-10-7-5-6-9-13-29-26-45(29,40(58)53-65(60,61)43(4)19-20-43)52-38(56)35-27-44(28-55(35)39(34)57)18-17-31-32-25-30(62-24-23-54-21-11-8-12-22-54)15-16-33(32)50-37(36(31)63-44)46(47,48)49/h9,13,15-16,25,29,34-35H,5-8,10-12,14,17-24,26-28H2,1-4H3,(H,51,59)(H,52,56)(H,53,58)/b13-9-/t29-,34+,35+,44-,45-/m1/s1. The number of hydrogen-bond donors (Lipinski definition) is 3. The van der Waals surface area contributed by atoms with Crippen molar-refractivity contribution in [2.24, 2.45) is 5.92 Å². The van der Waals surface area contributed by atoms with Gasteiger partial charge in [-0.3, -0.25) is 24.0 Å². The number of aryl methyl sites for hydroxylation is 1. The number of benzene rings is 1. The number of piperidine rings is 1. The number of fused-ring (bicyclic) bond motifs is 5. The van der Waals surface area contributed by atoms with E-state index in [-0.39, 0.29) is 49.7 Å². The van der Waals surface area contributed by atoms with Crippen LogP contribution in [-0.2, 0) is 41.7 Å². The number of carbonyl (C=O) groups excluding carboxylic acids is 4. The Kier molecular flexibility index (Phi) is 12.6. The molecular weight excluding hydrogens is 870 g/mol. The van der Waals surface area contributed by atoms with Gasteiger partial charge in [-0.1, -0.05) is 31.4 Å². The highest BCUT2D eigenvalue weighted by Gasteiger charge is 2.64. The van der Waals surface area contributed by atoms with E-state index in [9.17, 15) is 27.6 Å². The summed E-state index contributed by atoms with van der Waals surface area (Å²) in [5, 5.41) is 5.93. The number of nitrogens with zero attached hydrogens (tertiary/aromatic N) is 3. The van der Waals surface area contributed by atoms with Crippen LogP contribution in [0.25, 0.3) is 10.9 Å². The van der Waals surface area contributed by atoms with Gasteiger partial charge in [-0.25, -0.2) is 18.2 Å². The predicted molar refractivity (Wildman–Crippen MR) is 233 cm³/mol. The summed E-state index contributed by atoms with van der Waals surface area (Å²) in [6.07, 6.45) is 4.70. The number of halogens is 3. The molecule has 0 unspecified atom stereocenters. The first-order valence-corrected chi connectivity index (χ1v) is 24.5.